The van der Waals surface area contributed by atoms with Crippen LogP contribution in [0.4, 0.5) is 8.78 Å². The zero-order valence-electron chi connectivity index (χ0n) is 8.84. The lowest BCUT2D eigenvalue weighted by Crippen LogP contribution is -2.18. The third kappa shape index (κ3) is 2.44. The van der Waals surface area contributed by atoms with Gasteiger partial charge in [0, 0.05) is 5.56 Å². The number of carbonyl (C=O) groups excluding carboxylic acids is 1. The van der Waals surface area contributed by atoms with E-state index < -0.39 is 23.6 Å². The zero-order chi connectivity index (χ0) is 12.3. The van der Waals surface area contributed by atoms with Crippen molar-refractivity contribution in [1.82, 2.24) is 4.98 Å². The lowest BCUT2D eigenvalue weighted by Gasteiger charge is -2.08. The first-order valence-corrected chi connectivity index (χ1v) is 4.66. The number of halogens is 2. The Labute approximate surface area is 90.2 Å². The first-order chi connectivity index (χ1) is 7.47. The Morgan fingerprint density at radius 2 is 2.19 bits per heavy atom. The average Bonchev–Trinajstić information content (AvgIpc) is 2.21. The number of alkyl halides is 2. The van der Waals surface area contributed by atoms with E-state index in [0.29, 0.717) is 0 Å². The van der Waals surface area contributed by atoms with Gasteiger partial charge in [0.25, 0.3) is 12.0 Å². The maximum atomic E-state index is 12.6. The van der Waals surface area contributed by atoms with E-state index in [1.165, 1.54) is 6.92 Å². The Morgan fingerprint density at radius 1 is 1.56 bits per heavy atom. The number of ether oxygens (including phenoxy) is 1. The van der Waals surface area contributed by atoms with E-state index in [-0.39, 0.29) is 17.7 Å². The van der Waals surface area contributed by atoms with Gasteiger partial charge in [-0.3, -0.25) is 4.79 Å². The fourth-order valence-electron chi connectivity index (χ4n) is 1.20. The summed E-state index contributed by atoms with van der Waals surface area (Å²) < 4.78 is 29.7. The third-order valence-corrected chi connectivity index (χ3v) is 1.97. The summed E-state index contributed by atoms with van der Waals surface area (Å²) in [6, 6.07) is 1.11. The lowest BCUT2D eigenvalue weighted by atomic mass is 10.1. The number of hydrogen-bond acceptors (Lipinski definition) is 3. The van der Waals surface area contributed by atoms with Crippen LogP contribution in [0.3, 0.4) is 0 Å². The van der Waals surface area contributed by atoms with Gasteiger partial charge >= 0.3 is 5.97 Å². The van der Waals surface area contributed by atoms with Crippen LogP contribution in [0.5, 0.6) is 0 Å². The molecule has 0 radical (unpaired) electrons. The molecule has 1 aromatic rings. The highest BCUT2D eigenvalue weighted by Crippen LogP contribution is 2.20. The number of aromatic amines is 1. The average molecular weight is 231 g/mol. The van der Waals surface area contributed by atoms with Crippen molar-refractivity contribution in [2.45, 2.75) is 20.3 Å². The Morgan fingerprint density at radius 3 is 2.69 bits per heavy atom. The highest BCUT2D eigenvalue weighted by Gasteiger charge is 2.21. The molecule has 0 aliphatic rings. The summed E-state index contributed by atoms with van der Waals surface area (Å²) in [6.45, 7) is 3.08. The Hall–Kier alpha value is -1.72. The van der Waals surface area contributed by atoms with Crippen LogP contribution in [-0.2, 0) is 4.74 Å². The monoisotopic (exact) mass is 231 g/mol. The molecule has 1 heterocycles. The van der Waals surface area contributed by atoms with Crippen LogP contribution in [0.25, 0.3) is 0 Å². The number of rotatable bonds is 3. The van der Waals surface area contributed by atoms with E-state index >= 15 is 0 Å². The second-order valence-corrected chi connectivity index (χ2v) is 3.13. The van der Waals surface area contributed by atoms with Crippen LogP contribution in [0.15, 0.2) is 10.9 Å². The molecule has 1 aromatic heterocycles. The SMILES string of the molecule is CCOC(=O)c1cc(C)c(=O)[nH]c1C(F)F. The lowest BCUT2D eigenvalue weighted by molar-refractivity contribution is 0.0513. The van der Waals surface area contributed by atoms with Crippen molar-refractivity contribution in [3.05, 3.63) is 33.2 Å². The molecule has 0 bridgehead atoms. The van der Waals surface area contributed by atoms with Gasteiger partial charge in [-0.15, -0.1) is 0 Å². The molecule has 1 rings (SSSR count). The van der Waals surface area contributed by atoms with Crippen molar-refractivity contribution in [2.75, 3.05) is 6.61 Å². The molecule has 0 amide bonds. The van der Waals surface area contributed by atoms with Gasteiger partial charge in [0.05, 0.1) is 17.9 Å². The molecule has 0 aromatic carbocycles. The Balaban J connectivity index is 3.30. The van der Waals surface area contributed by atoms with E-state index in [0.717, 1.165) is 6.07 Å². The van der Waals surface area contributed by atoms with Gasteiger partial charge in [0.15, 0.2) is 0 Å². The van der Waals surface area contributed by atoms with Crippen LogP contribution in [0, 0.1) is 6.92 Å². The molecule has 88 valence electrons. The molecule has 0 unspecified atom stereocenters. The summed E-state index contributed by atoms with van der Waals surface area (Å²) in [5, 5.41) is 0. The van der Waals surface area contributed by atoms with E-state index in [9.17, 15) is 18.4 Å². The number of carbonyl (C=O) groups is 1. The fourth-order valence-corrected chi connectivity index (χ4v) is 1.20. The maximum Gasteiger partial charge on any atom is 0.340 e. The van der Waals surface area contributed by atoms with Crippen LogP contribution in [0.1, 0.15) is 35.0 Å². The molecule has 0 aliphatic heterocycles. The van der Waals surface area contributed by atoms with E-state index in [1.807, 2.05) is 4.98 Å². The van der Waals surface area contributed by atoms with Crippen molar-refractivity contribution < 1.29 is 18.3 Å². The number of aryl methyl sites for hydroxylation is 1. The normalized spacial score (nSPS) is 10.6. The molecule has 0 fully saturated rings. The summed E-state index contributed by atoms with van der Waals surface area (Å²) in [5.41, 5.74) is -1.45. The van der Waals surface area contributed by atoms with E-state index in [2.05, 4.69) is 4.74 Å². The maximum absolute atomic E-state index is 12.6. The number of pyridine rings is 1. The Bertz CT molecular complexity index is 454. The Kier molecular flexibility index (Phi) is 3.76. The molecule has 0 spiro atoms. The quantitative estimate of drug-likeness (QED) is 0.807. The molecular weight excluding hydrogens is 220 g/mol. The minimum Gasteiger partial charge on any atom is -0.462 e. The van der Waals surface area contributed by atoms with Gasteiger partial charge in [-0.2, -0.15) is 0 Å². The summed E-state index contributed by atoms with van der Waals surface area (Å²) in [5.74, 6) is -0.864. The minimum absolute atomic E-state index is 0.0830. The highest BCUT2D eigenvalue weighted by molar-refractivity contribution is 5.90. The van der Waals surface area contributed by atoms with Gasteiger partial charge in [-0.05, 0) is 19.9 Å². The molecule has 0 saturated heterocycles. The van der Waals surface area contributed by atoms with Crippen LogP contribution in [-0.4, -0.2) is 17.6 Å². The van der Waals surface area contributed by atoms with Gasteiger partial charge in [-0.25, -0.2) is 13.6 Å². The van der Waals surface area contributed by atoms with Gasteiger partial charge in [0.1, 0.15) is 0 Å². The zero-order valence-corrected chi connectivity index (χ0v) is 8.84. The van der Waals surface area contributed by atoms with Gasteiger partial charge in [-0.1, -0.05) is 0 Å². The number of aromatic nitrogens is 1. The molecule has 4 nitrogen and oxygen atoms in total. The number of nitrogens with one attached hydrogen (secondary N) is 1. The summed E-state index contributed by atoms with van der Waals surface area (Å²) in [4.78, 5) is 24.5. The smallest absolute Gasteiger partial charge is 0.340 e. The fraction of sp³-hybridized carbons (Fsp3) is 0.400. The predicted octanol–water partition coefficient (Wildman–Crippen LogP) is 1.80. The van der Waals surface area contributed by atoms with Crippen molar-refractivity contribution in [3.63, 3.8) is 0 Å². The van der Waals surface area contributed by atoms with Gasteiger partial charge in [0.2, 0.25) is 0 Å². The van der Waals surface area contributed by atoms with E-state index in [1.54, 1.807) is 6.92 Å². The predicted molar refractivity (Wildman–Crippen MR) is 52.7 cm³/mol. The van der Waals surface area contributed by atoms with Gasteiger partial charge < -0.3 is 9.72 Å². The number of esters is 1. The molecule has 0 atom stereocenters. The van der Waals surface area contributed by atoms with Crippen LogP contribution >= 0.6 is 0 Å². The largest absolute Gasteiger partial charge is 0.462 e. The van der Waals surface area contributed by atoms with Crippen molar-refractivity contribution in [2.24, 2.45) is 0 Å². The first-order valence-electron chi connectivity index (χ1n) is 4.66. The van der Waals surface area contributed by atoms with Crippen molar-refractivity contribution in [3.8, 4) is 0 Å². The van der Waals surface area contributed by atoms with Crippen molar-refractivity contribution >= 4 is 5.97 Å². The second-order valence-electron chi connectivity index (χ2n) is 3.13. The molecule has 0 aliphatic carbocycles. The van der Waals surface area contributed by atoms with Crippen LogP contribution in [0.2, 0.25) is 0 Å². The second kappa shape index (κ2) is 4.87. The molecule has 6 heteroatoms. The summed E-state index contributed by atoms with van der Waals surface area (Å²) >= 11 is 0. The first kappa shape index (κ1) is 12.4. The third-order valence-electron chi connectivity index (χ3n) is 1.97. The topological polar surface area (TPSA) is 59.2 Å². The number of hydrogen-bond donors (Lipinski definition) is 1. The van der Waals surface area contributed by atoms with Crippen molar-refractivity contribution in [1.29, 1.82) is 0 Å². The van der Waals surface area contributed by atoms with Crippen LogP contribution < -0.4 is 5.56 Å². The molecule has 1 N–H and O–H groups in total. The molecule has 0 saturated carbocycles. The highest BCUT2D eigenvalue weighted by atomic mass is 19.3. The number of H-pyrrole nitrogens is 1. The molecular formula is C10H11F2NO3. The van der Waals surface area contributed by atoms with E-state index in [4.69, 9.17) is 0 Å². The summed E-state index contributed by atoms with van der Waals surface area (Å²) in [7, 11) is 0. The molecule has 16 heavy (non-hydrogen) atoms. The summed E-state index contributed by atoms with van der Waals surface area (Å²) in [6.07, 6.45) is -2.92. The minimum atomic E-state index is -2.92. The standard InChI is InChI=1S/C10H11F2NO3/c1-3-16-10(15)6-4-5(2)9(14)13-7(6)8(11)12/h4,8H,3H2,1-2H3,(H,13,14).